The van der Waals surface area contributed by atoms with Crippen LogP contribution in [0.4, 0.5) is 0 Å². The van der Waals surface area contributed by atoms with Crippen molar-refractivity contribution in [2.45, 2.75) is 50.7 Å². The highest BCUT2D eigenvalue weighted by molar-refractivity contribution is 4.87. The number of fused-ring (bicyclic) bond motifs is 1. The SMILES string of the molecule is CC1(C)O[C@H]2OC(C(O)CO)C[C@H]2O1. The van der Waals surface area contributed by atoms with Crippen molar-refractivity contribution < 1.29 is 24.4 Å². The van der Waals surface area contributed by atoms with E-state index in [1.807, 2.05) is 13.8 Å². The molecule has 0 aromatic heterocycles. The molecule has 0 radical (unpaired) electrons. The van der Waals surface area contributed by atoms with Crippen molar-refractivity contribution in [2.24, 2.45) is 0 Å². The smallest absolute Gasteiger partial charge is 0.187 e. The van der Waals surface area contributed by atoms with Crippen LogP contribution in [0.3, 0.4) is 0 Å². The van der Waals surface area contributed by atoms with E-state index in [2.05, 4.69) is 0 Å². The Hall–Kier alpha value is -0.200. The third-order valence-corrected chi connectivity index (χ3v) is 2.53. The van der Waals surface area contributed by atoms with Gasteiger partial charge in [-0.3, -0.25) is 0 Å². The summed E-state index contributed by atoms with van der Waals surface area (Å²) in [6, 6.07) is 0. The van der Waals surface area contributed by atoms with Crippen LogP contribution in [0.1, 0.15) is 20.3 Å². The minimum Gasteiger partial charge on any atom is -0.394 e. The molecule has 0 amide bonds. The molecule has 4 atom stereocenters. The Morgan fingerprint density at radius 1 is 1.43 bits per heavy atom. The van der Waals surface area contributed by atoms with E-state index in [1.165, 1.54) is 0 Å². The molecule has 2 saturated heterocycles. The quantitative estimate of drug-likeness (QED) is 0.641. The van der Waals surface area contributed by atoms with Crippen LogP contribution in [-0.2, 0) is 14.2 Å². The average Bonchev–Trinajstić information content (AvgIpc) is 2.56. The Kier molecular flexibility index (Phi) is 2.53. The summed E-state index contributed by atoms with van der Waals surface area (Å²) in [6.07, 6.45) is -1.20. The fourth-order valence-electron chi connectivity index (χ4n) is 1.90. The molecule has 0 spiro atoms. The molecule has 2 N–H and O–H groups in total. The first-order valence-corrected chi connectivity index (χ1v) is 4.82. The van der Waals surface area contributed by atoms with Crippen molar-refractivity contribution in [1.82, 2.24) is 0 Å². The Labute approximate surface area is 82.6 Å². The minimum atomic E-state index is -0.851. The number of rotatable bonds is 2. The van der Waals surface area contributed by atoms with Gasteiger partial charge < -0.3 is 24.4 Å². The maximum atomic E-state index is 9.36. The predicted molar refractivity (Wildman–Crippen MR) is 46.4 cm³/mol. The Balaban J connectivity index is 1.93. The van der Waals surface area contributed by atoms with Gasteiger partial charge in [-0.1, -0.05) is 0 Å². The normalized spacial score (nSPS) is 42.4. The van der Waals surface area contributed by atoms with E-state index >= 15 is 0 Å². The molecule has 5 nitrogen and oxygen atoms in total. The first-order chi connectivity index (χ1) is 6.52. The molecule has 2 rings (SSSR count). The molecule has 2 aliphatic rings. The summed E-state index contributed by atoms with van der Waals surface area (Å²) in [5.41, 5.74) is 0. The van der Waals surface area contributed by atoms with Crippen LogP contribution >= 0.6 is 0 Å². The molecule has 82 valence electrons. The molecular weight excluding hydrogens is 188 g/mol. The minimum absolute atomic E-state index is 0.129. The highest BCUT2D eigenvalue weighted by atomic mass is 16.8. The van der Waals surface area contributed by atoms with Crippen LogP contribution in [0.25, 0.3) is 0 Å². The molecule has 14 heavy (non-hydrogen) atoms. The van der Waals surface area contributed by atoms with E-state index in [4.69, 9.17) is 19.3 Å². The van der Waals surface area contributed by atoms with Gasteiger partial charge in [0.1, 0.15) is 12.2 Å². The van der Waals surface area contributed by atoms with Crippen LogP contribution in [-0.4, -0.2) is 47.2 Å². The van der Waals surface area contributed by atoms with Gasteiger partial charge in [-0.15, -0.1) is 0 Å². The molecule has 5 heteroatoms. The Bertz CT molecular complexity index is 201. The van der Waals surface area contributed by atoms with E-state index < -0.39 is 18.2 Å². The number of aliphatic hydroxyl groups excluding tert-OH is 2. The van der Waals surface area contributed by atoms with Crippen molar-refractivity contribution in [1.29, 1.82) is 0 Å². The topological polar surface area (TPSA) is 68.2 Å². The summed E-state index contributed by atoms with van der Waals surface area (Å²) in [5, 5.41) is 18.1. The van der Waals surface area contributed by atoms with Crippen molar-refractivity contribution in [2.75, 3.05) is 6.61 Å². The lowest BCUT2D eigenvalue weighted by Crippen LogP contribution is -2.32. The summed E-state index contributed by atoms with van der Waals surface area (Å²) in [6.45, 7) is 3.35. The van der Waals surface area contributed by atoms with Gasteiger partial charge in [0, 0.05) is 6.42 Å². The highest BCUT2D eigenvalue weighted by Gasteiger charge is 2.49. The zero-order chi connectivity index (χ0) is 10.3. The monoisotopic (exact) mass is 204 g/mol. The third kappa shape index (κ3) is 1.78. The summed E-state index contributed by atoms with van der Waals surface area (Å²) >= 11 is 0. The molecule has 2 heterocycles. The zero-order valence-electron chi connectivity index (χ0n) is 8.34. The number of ether oxygens (including phenoxy) is 3. The van der Waals surface area contributed by atoms with Gasteiger partial charge in [0.2, 0.25) is 0 Å². The number of hydrogen-bond acceptors (Lipinski definition) is 5. The fraction of sp³-hybridized carbons (Fsp3) is 1.00. The van der Waals surface area contributed by atoms with E-state index in [9.17, 15) is 5.11 Å². The maximum Gasteiger partial charge on any atom is 0.187 e. The van der Waals surface area contributed by atoms with Crippen molar-refractivity contribution in [3.63, 3.8) is 0 Å². The molecule has 0 aromatic carbocycles. The average molecular weight is 204 g/mol. The van der Waals surface area contributed by atoms with E-state index in [1.54, 1.807) is 0 Å². The van der Waals surface area contributed by atoms with Crippen LogP contribution in [0.15, 0.2) is 0 Å². The first kappa shape index (κ1) is 10.3. The second-order valence-corrected chi connectivity index (χ2v) is 4.20. The lowest BCUT2D eigenvalue weighted by Gasteiger charge is -2.22. The molecule has 0 bridgehead atoms. The van der Waals surface area contributed by atoms with Crippen LogP contribution < -0.4 is 0 Å². The van der Waals surface area contributed by atoms with Gasteiger partial charge in [-0.05, 0) is 13.8 Å². The summed E-state index contributed by atoms with van der Waals surface area (Å²) in [7, 11) is 0. The van der Waals surface area contributed by atoms with Gasteiger partial charge in [0.15, 0.2) is 12.1 Å². The summed E-state index contributed by atoms with van der Waals surface area (Å²) in [4.78, 5) is 0. The third-order valence-electron chi connectivity index (χ3n) is 2.53. The summed E-state index contributed by atoms with van der Waals surface area (Å²) in [5.74, 6) is -0.607. The largest absolute Gasteiger partial charge is 0.394 e. The molecule has 0 aliphatic carbocycles. The lowest BCUT2D eigenvalue weighted by atomic mass is 10.1. The molecule has 2 unspecified atom stereocenters. The molecule has 0 aromatic rings. The highest BCUT2D eigenvalue weighted by Crippen LogP contribution is 2.37. The summed E-state index contributed by atoms with van der Waals surface area (Å²) < 4.78 is 16.4. The van der Waals surface area contributed by atoms with Crippen LogP contribution in [0.2, 0.25) is 0 Å². The maximum absolute atomic E-state index is 9.36. The lowest BCUT2D eigenvalue weighted by molar-refractivity contribution is -0.215. The second kappa shape index (κ2) is 3.43. The number of aliphatic hydroxyl groups is 2. The second-order valence-electron chi connectivity index (χ2n) is 4.20. The molecule has 0 saturated carbocycles. The standard InChI is InChI=1S/C9H16O5/c1-9(2)13-7-3-6(5(11)4-10)12-8(7)14-9/h5-8,10-11H,3-4H2,1-2H3/t5?,6?,7-,8-/m1/s1. The van der Waals surface area contributed by atoms with Gasteiger partial charge in [-0.25, -0.2) is 0 Å². The Morgan fingerprint density at radius 3 is 2.71 bits per heavy atom. The van der Waals surface area contributed by atoms with Gasteiger partial charge in [0.05, 0.1) is 12.7 Å². The molecule has 2 fully saturated rings. The van der Waals surface area contributed by atoms with Crippen LogP contribution in [0.5, 0.6) is 0 Å². The number of hydrogen-bond donors (Lipinski definition) is 2. The van der Waals surface area contributed by atoms with Crippen molar-refractivity contribution >= 4 is 0 Å². The van der Waals surface area contributed by atoms with Crippen molar-refractivity contribution in [3.05, 3.63) is 0 Å². The molecule has 2 aliphatic heterocycles. The fourth-order valence-corrected chi connectivity index (χ4v) is 1.90. The predicted octanol–water partition coefficient (Wildman–Crippen LogP) is -0.394. The zero-order valence-corrected chi connectivity index (χ0v) is 8.34. The van der Waals surface area contributed by atoms with E-state index in [0.717, 1.165) is 0 Å². The van der Waals surface area contributed by atoms with Gasteiger partial charge >= 0.3 is 0 Å². The first-order valence-electron chi connectivity index (χ1n) is 4.82. The molecular formula is C9H16O5. The van der Waals surface area contributed by atoms with E-state index in [0.29, 0.717) is 6.42 Å². The van der Waals surface area contributed by atoms with Crippen molar-refractivity contribution in [3.8, 4) is 0 Å². The van der Waals surface area contributed by atoms with Gasteiger partial charge in [-0.2, -0.15) is 0 Å². The Morgan fingerprint density at radius 2 is 2.14 bits per heavy atom. The van der Waals surface area contributed by atoms with Gasteiger partial charge in [0.25, 0.3) is 0 Å². The van der Waals surface area contributed by atoms with E-state index in [-0.39, 0.29) is 18.8 Å². The van der Waals surface area contributed by atoms with Crippen LogP contribution in [0, 0.1) is 0 Å².